The van der Waals surface area contributed by atoms with Crippen molar-refractivity contribution in [1.29, 1.82) is 0 Å². The largest absolute Gasteiger partial charge is 0.461 e. The predicted molar refractivity (Wildman–Crippen MR) is 211 cm³/mol. The second-order valence-electron chi connectivity index (χ2n) is 16.7. The molecule has 4 aromatic rings. The molecule has 292 valence electrons. The minimum absolute atomic E-state index is 0.0336. The third-order valence-electron chi connectivity index (χ3n) is 12.5. The zero-order valence-corrected chi connectivity index (χ0v) is 33.3. The average Bonchev–Trinajstić information content (AvgIpc) is 3.71. The van der Waals surface area contributed by atoms with Gasteiger partial charge in [-0.05, 0) is 72.4 Å². The molecule has 4 atom stereocenters. The standard InChI is InChI=1S/C42H50F4N6O2Si/c1-23(2)55(24(3)4,25(5)6)14-9-29-35-26(16-32(44)36(29)45)15-28(47)17-30(35)38-37(46)39-31(20-48-38)40(52-12-8-13-53-34-18-33(34)52)50-41(49-39)54-22-42-10-7-11-51(42)21-27(43)19-42/h15-17,20,23-25,27,33-34H,7-8,10-13,18-19,21-22,47H2,1-6H3/t27-,33+,34-,42+/m1/s1/i22D2. The maximum absolute atomic E-state index is 17.5. The van der Waals surface area contributed by atoms with E-state index in [1.165, 1.54) is 18.3 Å². The SMILES string of the molecule is [2H]C([2H])(Oc1nc(N2CCCO[C@@H]3C[C@@H]32)c2cnc(-c3cc(N)cc4cc(F)c(F)c(C#C[Si](C(C)C)(C(C)C)C(C)C)c34)c(F)c2n1)[C@@]12CCCN1C[C@H](F)C2. The van der Waals surface area contributed by atoms with Crippen LogP contribution in [-0.2, 0) is 4.74 Å². The van der Waals surface area contributed by atoms with Gasteiger partial charge in [0.15, 0.2) is 17.5 Å². The summed E-state index contributed by atoms with van der Waals surface area (Å²) in [5.41, 5.74) is 8.89. The lowest BCUT2D eigenvalue weighted by molar-refractivity contribution is 0.107. The third kappa shape index (κ3) is 6.42. The Bertz CT molecular complexity index is 2300. The van der Waals surface area contributed by atoms with Crippen LogP contribution in [0.25, 0.3) is 32.9 Å². The number of ether oxygens (including phenoxy) is 2. The molecule has 1 aliphatic carbocycles. The highest BCUT2D eigenvalue weighted by Gasteiger charge is 2.50. The van der Waals surface area contributed by atoms with Crippen molar-refractivity contribution in [3.63, 3.8) is 0 Å². The smallest absolute Gasteiger partial charge is 0.319 e. The second kappa shape index (κ2) is 14.2. The monoisotopic (exact) mass is 776 g/mol. The maximum atomic E-state index is 17.5. The van der Waals surface area contributed by atoms with Gasteiger partial charge in [0.25, 0.3) is 0 Å². The van der Waals surface area contributed by atoms with Crippen molar-refractivity contribution in [2.45, 2.75) is 114 Å². The van der Waals surface area contributed by atoms with Crippen LogP contribution in [0.1, 0.15) is 82.0 Å². The summed E-state index contributed by atoms with van der Waals surface area (Å²) in [7, 11) is -2.43. The van der Waals surface area contributed by atoms with E-state index in [1.807, 2.05) is 4.90 Å². The summed E-state index contributed by atoms with van der Waals surface area (Å²) in [6.45, 7) is 12.0. The molecule has 5 heterocycles. The van der Waals surface area contributed by atoms with Crippen LogP contribution in [0.3, 0.4) is 0 Å². The van der Waals surface area contributed by atoms with E-state index in [2.05, 4.69) is 63.0 Å². The number of halogens is 4. The van der Waals surface area contributed by atoms with Gasteiger partial charge in [-0.1, -0.05) is 47.5 Å². The molecule has 55 heavy (non-hydrogen) atoms. The first kappa shape index (κ1) is 35.4. The molecular weight excluding hydrogens is 725 g/mol. The van der Waals surface area contributed by atoms with Gasteiger partial charge in [-0.2, -0.15) is 9.97 Å². The number of anilines is 2. The van der Waals surface area contributed by atoms with Gasteiger partial charge in [-0.3, -0.25) is 9.88 Å². The summed E-state index contributed by atoms with van der Waals surface area (Å²) in [6, 6.07) is 3.56. The molecule has 0 spiro atoms. The van der Waals surface area contributed by atoms with Gasteiger partial charge in [-0.15, -0.1) is 5.54 Å². The Morgan fingerprint density at radius 3 is 2.56 bits per heavy atom. The maximum Gasteiger partial charge on any atom is 0.319 e. The van der Waals surface area contributed by atoms with Gasteiger partial charge in [0.05, 0.1) is 31.4 Å². The van der Waals surface area contributed by atoms with Crippen LogP contribution >= 0.6 is 0 Å². The van der Waals surface area contributed by atoms with Gasteiger partial charge < -0.3 is 20.1 Å². The van der Waals surface area contributed by atoms with Crippen molar-refractivity contribution >= 4 is 41.3 Å². The number of nitrogens with zero attached hydrogens (tertiary/aromatic N) is 5. The van der Waals surface area contributed by atoms with Crippen LogP contribution in [0.15, 0.2) is 24.4 Å². The molecule has 2 aromatic heterocycles. The molecule has 1 saturated carbocycles. The molecule has 8 nitrogen and oxygen atoms in total. The average molecular weight is 777 g/mol. The van der Waals surface area contributed by atoms with Crippen LogP contribution in [0, 0.1) is 28.9 Å². The molecule has 2 N–H and O–H groups in total. The number of pyridine rings is 1. The molecule has 0 amide bonds. The Morgan fingerprint density at radius 1 is 1.05 bits per heavy atom. The Hall–Kier alpha value is -3.99. The molecule has 4 aliphatic rings. The quantitative estimate of drug-likeness (QED) is 0.0823. The topological polar surface area (TPSA) is 89.6 Å². The van der Waals surface area contributed by atoms with Crippen LogP contribution < -0.4 is 15.4 Å². The van der Waals surface area contributed by atoms with E-state index in [0.29, 0.717) is 44.8 Å². The molecule has 13 heteroatoms. The third-order valence-corrected chi connectivity index (χ3v) is 18.8. The lowest BCUT2D eigenvalue weighted by Gasteiger charge is -2.38. The van der Waals surface area contributed by atoms with Crippen molar-refractivity contribution in [1.82, 2.24) is 19.9 Å². The predicted octanol–water partition coefficient (Wildman–Crippen LogP) is 8.74. The molecule has 3 saturated heterocycles. The summed E-state index contributed by atoms with van der Waals surface area (Å²) in [6.07, 6.45) is 2.63. The molecular formula is C42H50F4N6O2Si. The highest BCUT2D eigenvalue weighted by atomic mass is 28.3. The minimum atomic E-state index is -2.43. The minimum Gasteiger partial charge on any atom is -0.461 e. The normalized spacial score (nSPS) is 24.9. The Labute approximate surface area is 324 Å². The number of benzene rings is 2. The van der Waals surface area contributed by atoms with E-state index < -0.39 is 49.8 Å². The lowest BCUT2D eigenvalue weighted by atomic mass is 9.95. The number of nitrogen functional groups attached to an aromatic ring is 1. The van der Waals surface area contributed by atoms with Crippen molar-refractivity contribution in [2.24, 2.45) is 0 Å². The van der Waals surface area contributed by atoms with Crippen molar-refractivity contribution in [3.05, 3.63) is 47.4 Å². The molecule has 2 aromatic carbocycles. The summed E-state index contributed by atoms with van der Waals surface area (Å²) < 4.78 is 94.2. The number of alkyl halides is 1. The first-order valence-corrected chi connectivity index (χ1v) is 21.8. The molecule has 3 aliphatic heterocycles. The highest BCUT2D eigenvalue weighted by Crippen LogP contribution is 2.45. The first-order valence-electron chi connectivity index (χ1n) is 20.6. The van der Waals surface area contributed by atoms with E-state index in [-0.39, 0.29) is 85.9 Å². The van der Waals surface area contributed by atoms with Gasteiger partial charge in [0.2, 0.25) is 0 Å². The first-order chi connectivity index (χ1) is 27.0. The van der Waals surface area contributed by atoms with Crippen molar-refractivity contribution in [2.75, 3.05) is 43.4 Å². The number of fused-ring (bicyclic) bond motifs is 4. The number of hydrogen-bond donors (Lipinski definition) is 1. The lowest BCUT2D eigenvalue weighted by Crippen LogP contribution is -2.43. The fourth-order valence-corrected chi connectivity index (χ4v) is 15.1. The van der Waals surface area contributed by atoms with Gasteiger partial charge in [-0.25, -0.2) is 17.6 Å². The van der Waals surface area contributed by atoms with E-state index >= 15 is 13.2 Å². The molecule has 0 bridgehead atoms. The van der Waals surface area contributed by atoms with Crippen LogP contribution in [-0.4, -0.2) is 84.6 Å². The Morgan fingerprint density at radius 2 is 1.82 bits per heavy atom. The number of hydrogen-bond acceptors (Lipinski definition) is 8. The van der Waals surface area contributed by atoms with E-state index in [9.17, 15) is 4.39 Å². The Kier molecular flexibility index (Phi) is 9.14. The zero-order valence-electron chi connectivity index (χ0n) is 34.3. The zero-order chi connectivity index (χ0) is 40.8. The van der Waals surface area contributed by atoms with Gasteiger partial charge in [0, 0.05) is 49.0 Å². The summed E-state index contributed by atoms with van der Waals surface area (Å²) in [5, 5.41) is 0.651. The van der Waals surface area contributed by atoms with E-state index in [1.54, 1.807) is 4.90 Å². The van der Waals surface area contributed by atoms with Crippen LogP contribution in [0.4, 0.5) is 29.1 Å². The molecule has 8 rings (SSSR count). The summed E-state index contributed by atoms with van der Waals surface area (Å²) >= 11 is 0. The summed E-state index contributed by atoms with van der Waals surface area (Å²) in [5.74, 6) is 0.247. The number of aromatic nitrogens is 3. The Balaban J connectivity index is 1.34. The molecule has 0 radical (unpaired) electrons. The van der Waals surface area contributed by atoms with E-state index in [0.717, 1.165) is 12.5 Å². The van der Waals surface area contributed by atoms with Gasteiger partial charge >= 0.3 is 6.01 Å². The number of rotatable bonds is 8. The fourth-order valence-electron chi connectivity index (χ4n) is 9.86. The van der Waals surface area contributed by atoms with Gasteiger partial charge in [0.1, 0.15) is 37.8 Å². The van der Waals surface area contributed by atoms with Crippen molar-refractivity contribution < 1.29 is 29.8 Å². The molecule has 4 fully saturated rings. The number of nitrogens with two attached hydrogens (primary N) is 1. The highest BCUT2D eigenvalue weighted by molar-refractivity contribution is 6.90. The van der Waals surface area contributed by atoms with Crippen LogP contribution in [0.2, 0.25) is 16.6 Å². The fraction of sp³-hybridized carbons (Fsp3) is 0.548. The second-order valence-corrected chi connectivity index (χ2v) is 22.3. The van der Waals surface area contributed by atoms with Crippen molar-refractivity contribution in [3.8, 4) is 28.7 Å². The molecule has 0 unspecified atom stereocenters. The van der Waals surface area contributed by atoms with E-state index in [4.69, 9.17) is 22.9 Å². The summed E-state index contributed by atoms with van der Waals surface area (Å²) in [4.78, 5) is 17.6. The van der Waals surface area contributed by atoms with Crippen LogP contribution in [0.5, 0.6) is 6.01 Å².